The lowest BCUT2D eigenvalue weighted by molar-refractivity contribution is 0.0366. The van der Waals surface area contributed by atoms with Crippen molar-refractivity contribution in [1.29, 1.82) is 0 Å². The van der Waals surface area contributed by atoms with Gasteiger partial charge in [0.15, 0.2) is 0 Å². The molecule has 2 rings (SSSR count). The summed E-state index contributed by atoms with van der Waals surface area (Å²) in [6.07, 6.45) is 1.44. The molecule has 5 heteroatoms. The summed E-state index contributed by atoms with van der Waals surface area (Å²) in [7, 11) is 0. The lowest BCUT2D eigenvalue weighted by atomic mass is 10.1. The highest BCUT2D eigenvalue weighted by Gasteiger charge is 2.12. The number of aromatic nitrogens is 1. The van der Waals surface area contributed by atoms with Crippen LogP contribution in [0.25, 0.3) is 10.8 Å². The van der Waals surface area contributed by atoms with Crippen molar-refractivity contribution in [1.82, 2.24) is 10.5 Å². The number of hydrogen-bond donors (Lipinski definition) is 1. The van der Waals surface area contributed by atoms with E-state index in [4.69, 9.17) is 16.4 Å². The first kappa shape index (κ1) is 11.8. The molecule has 1 aromatic carbocycles. The molecule has 0 spiro atoms. The average Bonchev–Trinajstić information content (AvgIpc) is 2.37. The van der Waals surface area contributed by atoms with E-state index in [1.807, 2.05) is 24.3 Å². The van der Waals surface area contributed by atoms with Crippen LogP contribution in [-0.4, -0.2) is 17.5 Å². The lowest BCUT2D eigenvalue weighted by Crippen LogP contribution is -2.24. The van der Waals surface area contributed by atoms with Gasteiger partial charge < -0.3 is 0 Å². The van der Waals surface area contributed by atoms with Crippen molar-refractivity contribution in [2.45, 2.75) is 6.92 Å². The van der Waals surface area contributed by atoms with Crippen molar-refractivity contribution in [3.63, 3.8) is 0 Å². The molecule has 0 aliphatic carbocycles. The number of nitrogens with zero attached hydrogens (tertiary/aromatic N) is 1. The second-order valence-electron chi connectivity index (χ2n) is 3.37. The fourth-order valence-electron chi connectivity index (χ4n) is 1.53. The van der Waals surface area contributed by atoms with E-state index < -0.39 is 0 Å². The Morgan fingerprint density at radius 3 is 2.82 bits per heavy atom. The Bertz CT molecular complexity index is 557. The van der Waals surface area contributed by atoms with Crippen LogP contribution in [0.4, 0.5) is 0 Å². The summed E-state index contributed by atoms with van der Waals surface area (Å²) in [4.78, 5) is 20.7. The van der Waals surface area contributed by atoms with E-state index in [2.05, 4.69) is 10.5 Å². The van der Waals surface area contributed by atoms with Crippen LogP contribution >= 0.6 is 11.6 Å². The molecule has 1 N–H and O–H groups in total. The predicted octanol–water partition coefficient (Wildman–Crippen LogP) is 2.57. The zero-order valence-electron chi connectivity index (χ0n) is 9.24. The van der Waals surface area contributed by atoms with Crippen molar-refractivity contribution >= 4 is 28.3 Å². The summed E-state index contributed by atoms with van der Waals surface area (Å²) in [5.74, 6) is -0.327. The third kappa shape index (κ3) is 2.38. The maximum Gasteiger partial charge on any atom is 0.277 e. The number of fused-ring (bicyclic) bond motifs is 1. The molecule has 2 aromatic rings. The quantitative estimate of drug-likeness (QED) is 0.673. The predicted molar refractivity (Wildman–Crippen MR) is 65.8 cm³/mol. The molecule has 0 unspecified atom stereocenters. The number of benzene rings is 1. The molecule has 88 valence electrons. The van der Waals surface area contributed by atoms with E-state index in [-0.39, 0.29) is 5.91 Å². The molecule has 0 aliphatic heterocycles. The van der Waals surface area contributed by atoms with Crippen molar-refractivity contribution in [2.24, 2.45) is 0 Å². The summed E-state index contributed by atoms with van der Waals surface area (Å²) < 4.78 is 0. The van der Waals surface area contributed by atoms with Gasteiger partial charge in [-0.3, -0.25) is 9.63 Å². The number of amides is 1. The van der Waals surface area contributed by atoms with Gasteiger partial charge in [-0.15, -0.1) is 0 Å². The maximum absolute atomic E-state index is 11.8. The number of hydroxylamine groups is 1. The van der Waals surface area contributed by atoms with Crippen molar-refractivity contribution < 1.29 is 9.63 Å². The van der Waals surface area contributed by atoms with Crippen LogP contribution in [-0.2, 0) is 4.84 Å². The maximum atomic E-state index is 11.8. The van der Waals surface area contributed by atoms with Gasteiger partial charge in [0, 0.05) is 11.6 Å². The molecule has 0 bridgehead atoms. The van der Waals surface area contributed by atoms with E-state index >= 15 is 0 Å². The largest absolute Gasteiger partial charge is 0.277 e. The first-order valence-corrected chi connectivity index (χ1v) is 5.57. The molecule has 0 radical (unpaired) electrons. The van der Waals surface area contributed by atoms with E-state index in [0.717, 1.165) is 10.8 Å². The van der Waals surface area contributed by atoms with Gasteiger partial charge in [-0.2, -0.15) is 0 Å². The van der Waals surface area contributed by atoms with Crippen molar-refractivity contribution in [2.75, 3.05) is 6.61 Å². The number of hydrogen-bond acceptors (Lipinski definition) is 3. The summed E-state index contributed by atoms with van der Waals surface area (Å²) in [5, 5.41) is 1.89. The van der Waals surface area contributed by atoms with Gasteiger partial charge >= 0.3 is 0 Å². The van der Waals surface area contributed by atoms with Gasteiger partial charge in [0.05, 0.1) is 12.2 Å². The van der Waals surface area contributed by atoms with E-state index in [1.54, 1.807) is 6.92 Å². The summed E-state index contributed by atoms with van der Waals surface area (Å²) in [6, 6.07) is 7.34. The fraction of sp³-hybridized carbons (Fsp3) is 0.167. The molecular formula is C12H11ClN2O2. The van der Waals surface area contributed by atoms with E-state index in [0.29, 0.717) is 17.3 Å². The van der Waals surface area contributed by atoms with Crippen LogP contribution < -0.4 is 5.48 Å². The molecule has 0 aliphatic rings. The standard InChI is InChI=1S/C12H11ClN2O2/c1-2-17-15-12(16)10-7-14-11(13)9-6-4-3-5-8(9)10/h3-7H,2H2,1H3,(H,15,16). The average molecular weight is 251 g/mol. The van der Waals surface area contributed by atoms with Crippen LogP contribution in [0.1, 0.15) is 17.3 Å². The smallest absolute Gasteiger partial charge is 0.274 e. The summed E-state index contributed by atoms with van der Waals surface area (Å²) >= 11 is 5.96. The normalized spacial score (nSPS) is 10.5. The highest BCUT2D eigenvalue weighted by atomic mass is 35.5. The van der Waals surface area contributed by atoms with Crippen LogP contribution in [0.15, 0.2) is 30.5 Å². The Kier molecular flexibility index (Phi) is 3.56. The van der Waals surface area contributed by atoms with Crippen molar-refractivity contribution in [3.8, 4) is 0 Å². The van der Waals surface area contributed by atoms with Gasteiger partial charge in [0.1, 0.15) is 5.15 Å². The Labute approximate surface area is 104 Å². The molecular weight excluding hydrogens is 240 g/mol. The third-order valence-electron chi connectivity index (χ3n) is 2.30. The van der Waals surface area contributed by atoms with Gasteiger partial charge in [-0.1, -0.05) is 35.9 Å². The molecule has 0 saturated carbocycles. The number of halogens is 1. The fourth-order valence-corrected chi connectivity index (χ4v) is 1.75. The Morgan fingerprint density at radius 1 is 1.41 bits per heavy atom. The molecule has 1 amide bonds. The van der Waals surface area contributed by atoms with Crippen LogP contribution in [0.2, 0.25) is 5.15 Å². The number of carbonyl (C=O) groups excluding carboxylic acids is 1. The minimum Gasteiger partial charge on any atom is -0.274 e. The zero-order chi connectivity index (χ0) is 12.3. The zero-order valence-corrected chi connectivity index (χ0v) is 9.99. The summed E-state index contributed by atoms with van der Waals surface area (Å²) in [6.45, 7) is 2.20. The Morgan fingerprint density at radius 2 is 2.12 bits per heavy atom. The van der Waals surface area contributed by atoms with Crippen LogP contribution in [0, 0.1) is 0 Å². The first-order chi connectivity index (χ1) is 8.24. The number of carbonyl (C=O) groups is 1. The van der Waals surface area contributed by atoms with Gasteiger partial charge in [-0.25, -0.2) is 10.5 Å². The number of pyridine rings is 1. The van der Waals surface area contributed by atoms with E-state index in [9.17, 15) is 4.79 Å². The first-order valence-electron chi connectivity index (χ1n) is 5.19. The SMILES string of the molecule is CCONC(=O)c1cnc(Cl)c2ccccc12. The molecule has 17 heavy (non-hydrogen) atoms. The third-order valence-corrected chi connectivity index (χ3v) is 2.60. The molecule has 0 saturated heterocycles. The minimum atomic E-state index is -0.327. The second-order valence-corrected chi connectivity index (χ2v) is 3.73. The minimum absolute atomic E-state index is 0.327. The van der Waals surface area contributed by atoms with Crippen LogP contribution in [0.3, 0.4) is 0 Å². The Balaban J connectivity index is 2.48. The molecule has 0 atom stereocenters. The lowest BCUT2D eigenvalue weighted by Gasteiger charge is -2.07. The van der Waals surface area contributed by atoms with Gasteiger partial charge in [-0.05, 0) is 12.3 Å². The van der Waals surface area contributed by atoms with Gasteiger partial charge in [0.25, 0.3) is 5.91 Å². The van der Waals surface area contributed by atoms with Crippen LogP contribution in [0.5, 0.6) is 0 Å². The summed E-state index contributed by atoms with van der Waals surface area (Å²) in [5.41, 5.74) is 2.78. The topological polar surface area (TPSA) is 51.2 Å². The molecule has 4 nitrogen and oxygen atoms in total. The van der Waals surface area contributed by atoms with Gasteiger partial charge in [0.2, 0.25) is 0 Å². The highest BCUT2D eigenvalue weighted by molar-refractivity contribution is 6.34. The van der Waals surface area contributed by atoms with E-state index in [1.165, 1.54) is 6.20 Å². The van der Waals surface area contributed by atoms with Crippen molar-refractivity contribution in [3.05, 3.63) is 41.2 Å². The number of nitrogens with one attached hydrogen (secondary N) is 1. The monoisotopic (exact) mass is 250 g/mol. The molecule has 1 heterocycles. The number of rotatable bonds is 3. The highest BCUT2D eigenvalue weighted by Crippen LogP contribution is 2.23. The Hall–Kier alpha value is -1.65. The molecule has 1 aromatic heterocycles. The second kappa shape index (κ2) is 5.12. The molecule has 0 fully saturated rings.